The first-order chi connectivity index (χ1) is 24.9. The second-order valence-electron chi connectivity index (χ2n) is 18.0. The summed E-state index contributed by atoms with van der Waals surface area (Å²) in [5, 5.41) is 0.792. The Kier molecular flexibility index (Phi) is 12.5. The van der Waals surface area contributed by atoms with E-state index in [9.17, 15) is 14.4 Å². The number of thioether (sulfide) groups is 1. The van der Waals surface area contributed by atoms with Crippen LogP contribution in [-0.2, 0) is 20.9 Å². The van der Waals surface area contributed by atoms with Gasteiger partial charge in [0.05, 0.1) is 17.3 Å². The van der Waals surface area contributed by atoms with Crippen LogP contribution in [0.3, 0.4) is 0 Å². The Hall–Kier alpha value is -2.41. The molecule has 1 heterocycles. The number of hydrogen-bond acceptors (Lipinski definition) is 6. The van der Waals surface area contributed by atoms with Gasteiger partial charge in [0.2, 0.25) is 0 Å². The van der Waals surface area contributed by atoms with Gasteiger partial charge in [-0.2, -0.15) is 0 Å². The number of aromatic nitrogens is 2. The molecule has 0 saturated heterocycles. The summed E-state index contributed by atoms with van der Waals surface area (Å²) in [6.07, 6.45) is 17.9. The molecule has 1 aromatic carbocycles. The molecule has 52 heavy (non-hydrogen) atoms. The summed E-state index contributed by atoms with van der Waals surface area (Å²) in [6.45, 7) is 17.5. The van der Waals surface area contributed by atoms with Crippen LogP contribution in [0.2, 0.25) is 0 Å². The molecule has 0 spiro atoms. The summed E-state index contributed by atoms with van der Waals surface area (Å²) in [7, 11) is 0. The average molecular weight is 731 g/mol. The highest BCUT2D eigenvalue weighted by atomic mass is 32.2. The first-order valence-electron chi connectivity index (χ1n) is 21.0. The van der Waals surface area contributed by atoms with Crippen LogP contribution in [0, 0.1) is 52.3 Å². The number of para-hydroxylation sites is 1. The third-order valence-corrected chi connectivity index (χ3v) is 15.8. The number of fused-ring (bicyclic) bond motifs is 6. The molecular weight excluding hydrogens is 665 g/mol. The quantitative estimate of drug-likeness (QED) is 0.0833. The molecule has 0 unspecified atom stereocenters. The molecule has 0 radical (unpaired) electrons. The fourth-order valence-corrected chi connectivity index (χ4v) is 12.6. The zero-order valence-electron chi connectivity index (χ0n) is 33.3. The third-order valence-electron chi connectivity index (χ3n) is 14.9. The molecule has 0 N–H and O–H groups in total. The molecule has 0 bridgehead atoms. The molecule has 9 atom stereocenters. The smallest absolute Gasteiger partial charge is 0.306 e. The van der Waals surface area contributed by atoms with Gasteiger partial charge in [0, 0.05) is 19.4 Å². The summed E-state index contributed by atoms with van der Waals surface area (Å²) in [4.78, 5) is 44.0. The van der Waals surface area contributed by atoms with E-state index in [1.54, 1.807) is 16.7 Å². The second kappa shape index (κ2) is 16.5. The van der Waals surface area contributed by atoms with Crippen molar-refractivity contribution >= 4 is 33.7 Å². The van der Waals surface area contributed by atoms with E-state index >= 15 is 0 Å². The molecule has 7 heteroatoms. The Balaban J connectivity index is 1.03. The van der Waals surface area contributed by atoms with E-state index in [2.05, 4.69) is 59.5 Å². The molecule has 3 saturated carbocycles. The van der Waals surface area contributed by atoms with Gasteiger partial charge in [0.25, 0.3) is 5.56 Å². The monoisotopic (exact) mass is 730 g/mol. The Bertz CT molecular complexity index is 1680. The minimum absolute atomic E-state index is 0.0482. The summed E-state index contributed by atoms with van der Waals surface area (Å²) in [5.41, 5.74) is 2.66. The number of ether oxygens (including phenoxy) is 1. The van der Waals surface area contributed by atoms with Gasteiger partial charge in [-0.1, -0.05) is 91.5 Å². The maximum Gasteiger partial charge on any atom is 0.306 e. The molecule has 286 valence electrons. The number of nitrogens with zero attached hydrogens (tertiary/aromatic N) is 2. The molecule has 0 aliphatic heterocycles. The largest absolute Gasteiger partial charge is 0.462 e. The molecule has 6 rings (SSSR count). The van der Waals surface area contributed by atoms with Gasteiger partial charge in [-0.15, -0.1) is 0 Å². The van der Waals surface area contributed by atoms with Crippen molar-refractivity contribution in [2.45, 2.75) is 163 Å². The van der Waals surface area contributed by atoms with Crippen LogP contribution in [0.1, 0.15) is 145 Å². The first-order valence-corrected chi connectivity index (χ1v) is 21.8. The first kappa shape index (κ1) is 39.3. The van der Waals surface area contributed by atoms with Crippen LogP contribution in [0.25, 0.3) is 10.9 Å². The maximum atomic E-state index is 13.2. The van der Waals surface area contributed by atoms with Gasteiger partial charge in [-0.25, -0.2) is 4.98 Å². The van der Waals surface area contributed by atoms with E-state index in [-0.39, 0.29) is 41.0 Å². The zero-order valence-corrected chi connectivity index (χ0v) is 34.1. The number of allylic oxidation sites excluding steroid dienone is 1. The van der Waals surface area contributed by atoms with Gasteiger partial charge >= 0.3 is 5.97 Å². The van der Waals surface area contributed by atoms with Crippen LogP contribution in [0.4, 0.5) is 0 Å². The molecule has 4 aliphatic rings. The molecule has 1 aromatic heterocycles. The number of rotatable bonds is 14. The van der Waals surface area contributed by atoms with E-state index in [1.165, 1.54) is 56.9 Å². The van der Waals surface area contributed by atoms with Crippen LogP contribution >= 0.6 is 11.8 Å². The van der Waals surface area contributed by atoms with Gasteiger partial charge in [0.1, 0.15) is 6.10 Å². The van der Waals surface area contributed by atoms with Crippen LogP contribution in [0.5, 0.6) is 0 Å². The van der Waals surface area contributed by atoms with Crippen LogP contribution in [0.15, 0.2) is 45.9 Å². The highest BCUT2D eigenvalue weighted by Gasteiger charge is 2.59. The summed E-state index contributed by atoms with van der Waals surface area (Å²) in [5.74, 6) is 5.35. The predicted octanol–water partition coefficient (Wildman–Crippen LogP) is 11.2. The summed E-state index contributed by atoms with van der Waals surface area (Å²) in [6, 6.07) is 7.26. The molecule has 2 aromatic rings. The van der Waals surface area contributed by atoms with Crippen molar-refractivity contribution in [2.24, 2.45) is 52.3 Å². The molecule has 0 amide bonds. The Morgan fingerprint density at radius 1 is 1.00 bits per heavy atom. The number of esters is 1. The maximum absolute atomic E-state index is 13.2. The van der Waals surface area contributed by atoms with E-state index in [0.29, 0.717) is 28.0 Å². The van der Waals surface area contributed by atoms with Crippen molar-refractivity contribution in [3.63, 3.8) is 0 Å². The van der Waals surface area contributed by atoms with Crippen molar-refractivity contribution < 1.29 is 14.3 Å². The van der Waals surface area contributed by atoms with Gasteiger partial charge in [-0.05, 0) is 134 Å². The SMILES string of the molecule is CCCCn1c(SC(=O)CCC(=O)O[C@H]2CC[C@@]3(C)C(=CC[C@H]4[C@@H]5CC[C@H]([C@H](C)CC[C@@H](CC)C(C)C)[C@@]5(C)CC[C@@H]43)C2)nc2ccccc2c1=O. The minimum Gasteiger partial charge on any atom is -0.462 e. The van der Waals surface area contributed by atoms with Crippen molar-refractivity contribution in [1.82, 2.24) is 9.55 Å². The Labute approximate surface area is 317 Å². The fourth-order valence-electron chi connectivity index (χ4n) is 11.7. The predicted molar refractivity (Wildman–Crippen MR) is 213 cm³/mol. The Morgan fingerprint density at radius 3 is 2.54 bits per heavy atom. The number of benzene rings is 1. The number of carbonyl (C=O) groups excluding carboxylic acids is 2. The topological polar surface area (TPSA) is 78.3 Å². The number of hydrogen-bond donors (Lipinski definition) is 0. The van der Waals surface area contributed by atoms with Crippen LogP contribution in [-0.4, -0.2) is 26.7 Å². The fraction of sp³-hybridized carbons (Fsp3) is 0.733. The van der Waals surface area contributed by atoms with E-state index < -0.39 is 0 Å². The number of unbranched alkanes of at least 4 members (excludes halogenated alkanes) is 1. The standard InChI is InChI=1S/C45H66N2O4S/c1-8-10-27-47-42(50)35-13-11-12-14-39(35)46-43(47)52-41(49)22-21-40(48)51-33-23-25-44(6)32(28-33)17-18-34-37-20-19-36(45(37,7)26-24-38(34)44)30(5)15-16-31(9-2)29(3)4/h11-14,17,29-31,33-34,36-38H,8-10,15-16,18-28H2,1-7H3/t30-,31-,33+,34+,36-,37+,38+,44+,45-/m1/s1. The normalized spacial score (nSPS) is 31.0. The van der Waals surface area contributed by atoms with Gasteiger partial charge in [-0.3, -0.25) is 19.0 Å². The minimum atomic E-state index is -0.301. The average Bonchev–Trinajstić information content (AvgIpc) is 3.48. The Morgan fingerprint density at radius 2 is 1.79 bits per heavy atom. The lowest BCUT2D eigenvalue weighted by atomic mass is 9.47. The second-order valence-corrected chi connectivity index (χ2v) is 19.0. The van der Waals surface area contributed by atoms with Crippen molar-refractivity contribution in [3.8, 4) is 0 Å². The van der Waals surface area contributed by atoms with E-state index in [0.717, 1.165) is 85.3 Å². The van der Waals surface area contributed by atoms with Gasteiger partial charge < -0.3 is 4.74 Å². The van der Waals surface area contributed by atoms with E-state index in [1.807, 2.05) is 12.1 Å². The van der Waals surface area contributed by atoms with Crippen molar-refractivity contribution in [3.05, 3.63) is 46.3 Å². The highest BCUT2D eigenvalue weighted by molar-refractivity contribution is 8.13. The van der Waals surface area contributed by atoms with Crippen molar-refractivity contribution in [1.29, 1.82) is 0 Å². The molecule has 3 fully saturated rings. The lowest BCUT2D eigenvalue weighted by Gasteiger charge is -2.58. The molecule has 4 aliphatic carbocycles. The van der Waals surface area contributed by atoms with E-state index in [4.69, 9.17) is 4.74 Å². The lowest BCUT2D eigenvalue weighted by molar-refractivity contribution is -0.152. The number of carbonyl (C=O) groups is 2. The highest BCUT2D eigenvalue weighted by Crippen LogP contribution is 2.67. The third kappa shape index (κ3) is 7.87. The molecule has 6 nitrogen and oxygen atoms in total. The lowest BCUT2D eigenvalue weighted by Crippen LogP contribution is -2.51. The summed E-state index contributed by atoms with van der Waals surface area (Å²) < 4.78 is 7.67. The van der Waals surface area contributed by atoms with Gasteiger partial charge in [0.15, 0.2) is 10.3 Å². The zero-order chi connectivity index (χ0) is 37.2. The summed E-state index contributed by atoms with van der Waals surface area (Å²) >= 11 is 0.971. The van der Waals surface area contributed by atoms with Crippen LogP contribution < -0.4 is 5.56 Å². The molecular formula is C45H66N2O4S. The van der Waals surface area contributed by atoms with Crippen molar-refractivity contribution in [2.75, 3.05) is 0 Å².